The van der Waals surface area contributed by atoms with Crippen LogP contribution in [0.1, 0.15) is 75.0 Å². The van der Waals surface area contributed by atoms with Crippen LogP contribution in [-0.2, 0) is 11.8 Å². The number of rotatable bonds is 2. The van der Waals surface area contributed by atoms with Crippen LogP contribution in [0.25, 0.3) is 5.57 Å². The van der Waals surface area contributed by atoms with Crippen molar-refractivity contribution in [2.24, 2.45) is 0 Å². The summed E-state index contributed by atoms with van der Waals surface area (Å²) in [6, 6.07) is 43.5. The summed E-state index contributed by atoms with van der Waals surface area (Å²) in [4.78, 5) is 0. The monoisotopic (exact) mass is 554 g/mol. The van der Waals surface area contributed by atoms with Gasteiger partial charge in [-0.15, -0.1) is 0 Å². The Balaban J connectivity index is 1.25. The third-order valence-corrected chi connectivity index (χ3v) is 10.2. The average Bonchev–Trinajstić information content (AvgIpc) is 3.35. The van der Waals surface area contributed by atoms with Crippen LogP contribution in [0.2, 0.25) is 0 Å². The molecule has 3 atom stereocenters. The summed E-state index contributed by atoms with van der Waals surface area (Å²) < 4.78 is 0. The van der Waals surface area contributed by atoms with E-state index in [-0.39, 0.29) is 17.5 Å². The molecule has 4 aliphatic rings. The van der Waals surface area contributed by atoms with Gasteiger partial charge in [-0.1, -0.05) is 121 Å². The van der Waals surface area contributed by atoms with E-state index in [1.807, 2.05) is 0 Å². The number of fused-ring (bicyclic) bond motifs is 9. The van der Waals surface area contributed by atoms with Gasteiger partial charge < -0.3 is 10.6 Å². The van der Waals surface area contributed by atoms with Gasteiger partial charge in [0.1, 0.15) is 0 Å². The normalized spacial score (nSPS) is 22.5. The van der Waals surface area contributed by atoms with Crippen LogP contribution in [0, 0.1) is 6.92 Å². The molecule has 43 heavy (non-hydrogen) atoms. The van der Waals surface area contributed by atoms with Gasteiger partial charge in [-0.25, -0.2) is 0 Å². The molecule has 5 aromatic carbocycles. The molecular weight excluding hydrogens is 520 g/mol. The molecule has 208 valence electrons. The minimum Gasteiger partial charge on any atom is -0.374 e. The first-order valence-electron chi connectivity index (χ1n) is 15.6. The van der Waals surface area contributed by atoms with Crippen LogP contribution in [0.3, 0.4) is 0 Å². The van der Waals surface area contributed by atoms with E-state index in [0.717, 1.165) is 30.6 Å². The van der Waals surface area contributed by atoms with Gasteiger partial charge in [-0.2, -0.15) is 0 Å². The van der Waals surface area contributed by atoms with E-state index in [4.69, 9.17) is 0 Å². The molecule has 0 saturated carbocycles. The highest BCUT2D eigenvalue weighted by Gasteiger charge is 2.50. The molecule has 0 bridgehead atoms. The van der Waals surface area contributed by atoms with Crippen molar-refractivity contribution in [2.75, 3.05) is 10.6 Å². The molecule has 2 N–H and O–H groups in total. The van der Waals surface area contributed by atoms with E-state index in [1.54, 1.807) is 5.57 Å². The third kappa shape index (κ3) is 3.53. The SMILES string of the molecule is Cc1cccc(C2Nc3ccccc3NC2c2ccc3c(c2)Cc2ccccc2C32C3=C(C=CCC3)c3ccccc32)c1. The molecule has 3 unspecified atom stereocenters. The van der Waals surface area contributed by atoms with Gasteiger partial charge in [0.05, 0.1) is 28.9 Å². The van der Waals surface area contributed by atoms with E-state index in [0.29, 0.717) is 0 Å². The zero-order chi connectivity index (χ0) is 28.5. The van der Waals surface area contributed by atoms with Crippen molar-refractivity contribution in [3.63, 3.8) is 0 Å². The van der Waals surface area contributed by atoms with Crippen LogP contribution in [0.4, 0.5) is 11.4 Å². The molecule has 1 heterocycles. The van der Waals surface area contributed by atoms with Gasteiger partial charge in [0.15, 0.2) is 0 Å². The predicted molar refractivity (Wildman–Crippen MR) is 178 cm³/mol. The summed E-state index contributed by atoms with van der Waals surface area (Å²) in [5.41, 5.74) is 17.6. The van der Waals surface area contributed by atoms with Gasteiger partial charge in [0.2, 0.25) is 0 Å². The fraction of sp³-hybridized carbons (Fsp3) is 0.171. The first-order chi connectivity index (χ1) is 21.2. The second-order valence-corrected chi connectivity index (χ2v) is 12.6. The number of benzene rings is 5. The van der Waals surface area contributed by atoms with E-state index < -0.39 is 0 Å². The van der Waals surface area contributed by atoms with Crippen molar-refractivity contribution >= 4 is 16.9 Å². The Bertz CT molecular complexity index is 2000. The lowest BCUT2D eigenvalue weighted by atomic mass is 9.60. The highest BCUT2D eigenvalue weighted by molar-refractivity contribution is 5.91. The van der Waals surface area contributed by atoms with E-state index in [9.17, 15) is 0 Å². The Morgan fingerprint density at radius 1 is 0.628 bits per heavy atom. The molecule has 0 aromatic heterocycles. The van der Waals surface area contributed by atoms with Crippen LogP contribution in [0.5, 0.6) is 0 Å². The first-order valence-corrected chi connectivity index (χ1v) is 15.6. The molecular formula is C41H34N2. The standard InChI is InChI=1S/C41H34N2/c1-26-11-10-13-28(23-26)39-40(43-38-20-9-8-19-37(38)42-39)29-21-22-34-30(25-29)24-27-12-2-5-16-33(27)41(34)35-17-6-3-14-31(35)32-15-4-7-18-36(32)41/h2-6,8-17,19-23,25,39-40,42-43H,7,18,24H2,1H3. The van der Waals surface area contributed by atoms with Gasteiger partial charge in [0, 0.05) is 0 Å². The number of para-hydroxylation sites is 2. The van der Waals surface area contributed by atoms with Crippen molar-refractivity contribution in [3.8, 4) is 0 Å². The molecule has 0 radical (unpaired) electrons. The predicted octanol–water partition coefficient (Wildman–Crippen LogP) is 9.67. The Labute approximate surface area is 253 Å². The van der Waals surface area contributed by atoms with Gasteiger partial charge in [-0.05, 0) is 94.0 Å². The molecule has 2 nitrogen and oxygen atoms in total. The zero-order valence-corrected chi connectivity index (χ0v) is 24.4. The lowest BCUT2D eigenvalue weighted by molar-refractivity contribution is 0.629. The number of anilines is 2. The van der Waals surface area contributed by atoms with Gasteiger partial charge in [0.25, 0.3) is 0 Å². The Kier molecular flexibility index (Phi) is 5.38. The maximum Gasteiger partial charge on any atom is 0.0758 e. The average molecular weight is 555 g/mol. The number of hydrogen-bond acceptors (Lipinski definition) is 2. The first kappa shape index (κ1) is 24.7. The zero-order valence-electron chi connectivity index (χ0n) is 24.4. The van der Waals surface area contributed by atoms with E-state index >= 15 is 0 Å². The number of nitrogens with one attached hydrogen (secondary N) is 2. The van der Waals surface area contributed by atoms with Crippen molar-refractivity contribution in [2.45, 2.75) is 43.7 Å². The van der Waals surface area contributed by atoms with Crippen LogP contribution >= 0.6 is 0 Å². The number of allylic oxidation sites excluding steroid dienone is 4. The summed E-state index contributed by atoms with van der Waals surface area (Å²) in [5.74, 6) is 0. The lowest BCUT2D eigenvalue weighted by Gasteiger charge is -2.43. The van der Waals surface area contributed by atoms with Crippen molar-refractivity contribution < 1.29 is 0 Å². The van der Waals surface area contributed by atoms with Crippen molar-refractivity contribution in [1.29, 1.82) is 0 Å². The summed E-state index contributed by atoms with van der Waals surface area (Å²) in [7, 11) is 0. The number of aryl methyl sites for hydroxylation is 1. The summed E-state index contributed by atoms with van der Waals surface area (Å²) >= 11 is 0. The van der Waals surface area contributed by atoms with Crippen LogP contribution < -0.4 is 10.6 Å². The van der Waals surface area contributed by atoms with E-state index in [2.05, 4.69) is 145 Å². The largest absolute Gasteiger partial charge is 0.374 e. The highest BCUT2D eigenvalue weighted by Crippen LogP contribution is 2.60. The maximum atomic E-state index is 3.95. The summed E-state index contributed by atoms with van der Waals surface area (Å²) in [6.07, 6.45) is 7.89. The summed E-state index contributed by atoms with van der Waals surface area (Å²) in [6.45, 7) is 2.18. The van der Waals surface area contributed by atoms with Crippen molar-refractivity contribution in [1.82, 2.24) is 0 Å². The van der Waals surface area contributed by atoms with Crippen LogP contribution in [-0.4, -0.2) is 0 Å². The molecule has 5 aromatic rings. The van der Waals surface area contributed by atoms with Crippen LogP contribution in [0.15, 0.2) is 133 Å². The topological polar surface area (TPSA) is 24.1 Å². The van der Waals surface area contributed by atoms with Crippen molar-refractivity contribution in [3.05, 3.63) is 183 Å². The second-order valence-electron chi connectivity index (χ2n) is 12.6. The van der Waals surface area contributed by atoms with Gasteiger partial charge >= 0.3 is 0 Å². The fourth-order valence-electron chi connectivity index (χ4n) is 8.49. The minimum atomic E-state index is -0.236. The smallest absolute Gasteiger partial charge is 0.0758 e. The lowest BCUT2D eigenvalue weighted by Crippen LogP contribution is -2.36. The third-order valence-electron chi connectivity index (χ3n) is 10.2. The molecule has 1 aliphatic heterocycles. The minimum absolute atomic E-state index is 0.0957. The highest BCUT2D eigenvalue weighted by atomic mass is 15.1. The second kappa shape index (κ2) is 9.34. The molecule has 0 fully saturated rings. The van der Waals surface area contributed by atoms with E-state index in [1.165, 1.54) is 55.6 Å². The Morgan fingerprint density at radius 3 is 2.14 bits per heavy atom. The molecule has 3 aliphatic carbocycles. The summed E-state index contributed by atoms with van der Waals surface area (Å²) in [5, 5.41) is 7.85. The van der Waals surface area contributed by atoms with Gasteiger partial charge in [-0.3, -0.25) is 0 Å². The fourth-order valence-corrected chi connectivity index (χ4v) is 8.49. The quantitative estimate of drug-likeness (QED) is 0.227. The molecule has 2 heteroatoms. The maximum absolute atomic E-state index is 3.95. The molecule has 0 amide bonds. The Hall–Kier alpha value is -4.82. The molecule has 9 rings (SSSR count). The molecule has 1 spiro atoms. The number of hydrogen-bond donors (Lipinski definition) is 2. The Morgan fingerprint density at radius 2 is 1.33 bits per heavy atom. The molecule has 0 saturated heterocycles.